The maximum absolute atomic E-state index is 5.41. The number of hydrogen-bond acceptors (Lipinski definition) is 4. The summed E-state index contributed by atoms with van der Waals surface area (Å²) in [7, 11) is 0. The van der Waals surface area contributed by atoms with Gasteiger partial charge >= 0.3 is 0 Å². The van der Waals surface area contributed by atoms with E-state index in [2.05, 4.69) is 33.5 Å². The number of aromatic nitrogens is 2. The summed E-state index contributed by atoms with van der Waals surface area (Å²) in [6, 6.07) is 8.15. The lowest BCUT2D eigenvalue weighted by molar-refractivity contribution is 0.233. The molecule has 1 N–H and O–H groups in total. The Kier molecular flexibility index (Phi) is 3.21. The van der Waals surface area contributed by atoms with Gasteiger partial charge in [-0.15, -0.1) is 0 Å². The van der Waals surface area contributed by atoms with Crippen molar-refractivity contribution in [2.75, 3.05) is 26.2 Å². The number of nitrogens with one attached hydrogen (secondary N) is 1. The highest BCUT2D eigenvalue weighted by atomic mass is 16.3. The van der Waals surface area contributed by atoms with Gasteiger partial charge in [0.05, 0.1) is 6.26 Å². The summed E-state index contributed by atoms with van der Waals surface area (Å²) in [6.45, 7) is 5.36. The Labute approximate surface area is 123 Å². The highest BCUT2D eigenvalue weighted by Crippen LogP contribution is 2.20. The van der Waals surface area contributed by atoms with Gasteiger partial charge in [0.1, 0.15) is 11.3 Å². The molecule has 0 saturated carbocycles. The molecule has 0 unspecified atom stereocenters. The molecule has 5 nitrogen and oxygen atoms in total. The van der Waals surface area contributed by atoms with Crippen molar-refractivity contribution in [2.24, 2.45) is 0 Å². The molecule has 3 aromatic heterocycles. The lowest BCUT2D eigenvalue weighted by Crippen LogP contribution is -2.42. The average Bonchev–Trinajstić information content (AvgIpc) is 3.17. The first kappa shape index (κ1) is 12.6. The average molecular weight is 282 g/mol. The summed E-state index contributed by atoms with van der Waals surface area (Å²) < 4.78 is 7.45. The molecule has 1 saturated heterocycles. The van der Waals surface area contributed by atoms with Gasteiger partial charge in [-0.3, -0.25) is 4.90 Å². The van der Waals surface area contributed by atoms with Crippen LogP contribution in [-0.4, -0.2) is 40.5 Å². The minimum Gasteiger partial charge on any atom is -0.463 e. The standard InChI is InChI=1S/C16H18N4O/c1-2-15(21-9-1)14-12-20-6-3-13(10-16(20)18-14)11-19-7-4-17-5-8-19/h1-3,6,9-10,12,17H,4-5,7-8,11H2. The van der Waals surface area contributed by atoms with E-state index in [9.17, 15) is 0 Å². The van der Waals surface area contributed by atoms with Crippen LogP contribution in [0.25, 0.3) is 17.1 Å². The minimum absolute atomic E-state index is 0.808. The van der Waals surface area contributed by atoms with E-state index in [0.29, 0.717) is 0 Å². The zero-order valence-corrected chi connectivity index (χ0v) is 11.8. The van der Waals surface area contributed by atoms with E-state index in [0.717, 1.165) is 49.8 Å². The van der Waals surface area contributed by atoms with Gasteiger partial charge in [0, 0.05) is 45.1 Å². The molecule has 1 fully saturated rings. The van der Waals surface area contributed by atoms with Crippen LogP contribution in [0.5, 0.6) is 0 Å². The van der Waals surface area contributed by atoms with Gasteiger partial charge in [-0.2, -0.15) is 0 Å². The summed E-state index contributed by atoms with van der Waals surface area (Å²) in [4.78, 5) is 7.12. The van der Waals surface area contributed by atoms with Crippen LogP contribution in [-0.2, 0) is 6.54 Å². The van der Waals surface area contributed by atoms with Gasteiger partial charge in [-0.05, 0) is 29.8 Å². The van der Waals surface area contributed by atoms with Crippen LogP contribution < -0.4 is 5.32 Å². The number of rotatable bonds is 3. The first-order valence-corrected chi connectivity index (χ1v) is 7.33. The topological polar surface area (TPSA) is 45.7 Å². The van der Waals surface area contributed by atoms with Crippen LogP contribution in [0.4, 0.5) is 0 Å². The van der Waals surface area contributed by atoms with Crippen LogP contribution in [0, 0.1) is 0 Å². The highest BCUT2D eigenvalue weighted by Gasteiger charge is 2.11. The molecule has 0 atom stereocenters. The number of nitrogens with zero attached hydrogens (tertiary/aromatic N) is 3. The molecule has 0 amide bonds. The van der Waals surface area contributed by atoms with Crippen molar-refractivity contribution in [3.8, 4) is 11.5 Å². The molecular formula is C16H18N4O. The Hall–Kier alpha value is -2.11. The quantitative estimate of drug-likeness (QED) is 0.798. The molecule has 3 aromatic rings. The molecule has 0 aromatic carbocycles. The van der Waals surface area contributed by atoms with Crippen molar-refractivity contribution in [3.05, 3.63) is 48.5 Å². The van der Waals surface area contributed by atoms with Crippen LogP contribution in [0.2, 0.25) is 0 Å². The summed E-state index contributed by atoms with van der Waals surface area (Å²) >= 11 is 0. The van der Waals surface area contributed by atoms with E-state index < -0.39 is 0 Å². The molecule has 1 aliphatic heterocycles. The number of furan rings is 1. The zero-order chi connectivity index (χ0) is 14.1. The second-order valence-electron chi connectivity index (χ2n) is 5.43. The monoisotopic (exact) mass is 282 g/mol. The number of piperazine rings is 1. The Balaban J connectivity index is 1.60. The molecule has 1 aliphatic rings. The van der Waals surface area contributed by atoms with Crippen molar-refractivity contribution in [1.29, 1.82) is 0 Å². The van der Waals surface area contributed by atoms with Crippen LogP contribution in [0.1, 0.15) is 5.56 Å². The fourth-order valence-electron chi connectivity index (χ4n) is 2.79. The smallest absolute Gasteiger partial charge is 0.153 e. The Bertz CT molecular complexity index is 726. The van der Waals surface area contributed by atoms with Crippen molar-refractivity contribution in [3.63, 3.8) is 0 Å². The maximum atomic E-state index is 5.41. The Morgan fingerprint density at radius 3 is 2.95 bits per heavy atom. The maximum Gasteiger partial charge on any atom is 0.153 e. The minimum atomic E-state index is 0.808. The molecule has 0 radical (unpaired) electrons. The van der Waals surface area contributed by atoms with E-state index in [-0.39, 0.29) is 0 Å². The first-order valence-electron chi connectivity index (χ1n) is 7.33. The van der Waals surface area contributed by atoms with Crippen molar-refractivity contribution < 1.29 is 4.42 Å². The summed E-state index contributed by atoms with van der Waals surface area (Å²) in [6.07, 6.45) is 5.75. The summed E-state index contributed by atoms with van der Waals surface area (Å²) in [5, 5.41) is 3.38. The van der Waals surface area contributed by atoms with Gasteiger partial charge in [0.2, 0.25) is 0 Å². The Morgan fingerprint density at radius 1 is 1.24 bits per heavy atom. The number of pyridine rings is 1. The molecular weight excluding hydrogens is 264 g/mol. The van der Waals surface area contributed by atoms with Crippen molar-refractivity contribution in [2.45, 2.75) is 6.54 Å². The van der Waals surface area contributed by atoms with Crippen molar-refractivity contribution >= 4 is 5.65 Å². The second kappa shape index (κ2) is 5.35. The molecule has 21 heavy (non-hydrogen) atoms. The Morgan fingerprint density at radius 2 is 2.14 bits per heavy atom. The predicted molar refractivity (Wildman–Crippen MR) is 81.0 cm³/mol. The van der Waals surface area contributed by atoms with E-state index in [1.807, 2.05) is 22.7 Å². The SMILES string of the molecule is c1coc(-c2cn3ccc(CN4CCNCC4)cc3n2)c1. The summed E-state index contributed by atoms with van der Waals surface area (Å²) in [5.41, 5.74) is 3.15. The second-order valence-corrected chi connectivity index (χ2v) is 5.43. The third-order valence-corrected chi connectivity index (χ3v) is 3.91. The van der Waals surface area contributed by atoms with Gasteiger partial charge < -0.3 is 14.1 Å². The number of hydrogen-bond donors (Lipinski definition) is 1. The molecule has 0 bridgehead atoms. The van der Waals surface area contributed by atoms with E-state index in [1.54, 1.807) is 6.26 Å². The first-order chi connectivity index (χ1) is 10.4. The van der Waals surface area contributed by atoms with Crippen LogP contribution in [0.15, 0.2) is 47.3 Å². The van der Waals surface area contributed by atoms with Crippen LogP contribution >= 0.6 is 0 Å². The largest absolute Gasteiger partial charge is 0.463 e. The third kappa shape index (κ3) is 2.57. The number of imidazole rings is 1. The van der Waals surface area contributed by atoms with Gasteiger partial charge in [0.15, 0.2) is 5.76 Å². The molecule has 4 heterocycles. The molecule has 5 heteroatoms. The normalized spacial score (nSPS) is 16.6. The van der Waals surface area contributed by atoms with Gasteiger partial charge in [-0.25, -0.2) is 4.98 Å². The predicted octanol–water partition coefficient (Wildman–Crippen LogP) is 2.00. The van der Waals surface area contributed by atoms with E-state index >= 15 is 0 Å². The zero-order valence-electron chi connectivity index (χ0n) is 11.8. The third-order valence-electron chi connectivity index (χ3n) is 3.91. The summed E-state index contributed by atoms with van der Waals surface area (Å²) in [5.74, 6) is 0.808. The molecule has 108 valence electrons. The van der Waals surface area contributed by atoms with Gasteiger partial charge in [-0.1, -0.05) is 0 Å². The lowest BCUT2D eigenvalue weighted by Gasteiger charge is -2.27. The van der Waals surface area contributed by atoms with E-state index in [1.165, 1.54) is 5.56 Å². The van der Waals surface area contributed by atoms with Gasteiger partial charge in [0.25, 0.3) is 0 Å². The van der Waals surface area contributed by atoms with Crippen molar-refractivity contribution in [1.82, 2.24) is 19.6 Å². The fourth-order valence-corrected chi connectivity index (χ4v) is 2.79. The van der Waals surface area contributed by atoms with Crippen LogP contribution in [0.3, 0.4) is 0 Å². The fraction of sp³-hybridized carbons (Fsp3) is 0.312. The highest BCUT2D eigenvalue weighted by molar-refractivity contribution is 5.57. The number of fused-ring (bicyclic) bond motifs is 1. The lowest BCUT2D eigenvalue weighted by atomic mass is 10.2. The molecule has 0 spiro atoms. The molecule has 0 aliphatic carbocycles. The van der Waals surface area contributed by atoms with E-state index in [4.69, 9.17) is 4.42 Å². The molecule has 4 rings (SSSR count).